The van der Waals surface area contributed by atoms with Crippen molar-refractivity contribution in [3.8, 4) is 0 Å². The van der Waals surface area contributed by atoms with Crippen LogP contribution in [0.25, 0.3) is 0 Å². The lowest BCUT2D eigenvalue weighted by atomic mass is 9.48. The molecule has 0 aromatic rings. The van der Waals surface area contributed by atoms with Crippen LogP contribution in [0.2, 0.25) is 0 Å². The van der Waals surface area contributed by atoms with Gasteiger partial charge < -0.3 is 5.11 Å². The Bertz CT molecular complexity index is 784. The smallest absolute Gasteiger partial charge is 0.0682 e. The molecule has 2 unspecified atom stereocenters. The van der Waals surface area contributed by atoms with Crippen LogP contribution >= 0.6 is 0 Å². The molecule has 3 saturated carbocycles. The van der Waals surface area contributed by atoms with Gasteiger partial charge in [0.25, 0.3) is 0 Å². The molecule has 0 radical (unpaired) electrons. The van der Waals surface area contributed by atoms with Gasteiger partial charge in [-0.25, -0.2) is 0 Å². The number of allylic oxidation sites excluding steroid dienone is 4. The van der Waals surface area contributed by atoms with Crippen LogP contribution in [-0.2, 0) is 0 Å². The van der Waals surface area contributed by atoms with Crippen LogP contribution in [0, 0.1) is 46.3 Å². The molecule has 0 aromatic carbocycles. The fourth-order valence-corrected chi connectivity index (χ4v) is 8.41. The Labute approximate surface area is 192 Å². The van der Waals surface area contributed by atoms with Crippen molar-refractivity contribution in [2.45, 2.75) is 105 Å². The van der Waals surface area contributed by atoms with Gasteiger partial charge in [0, 0.05) is 0 Å². The van der Waals surface area contributed by atoms with Crippen LogP contribution in [0.15, 0.2) is 35.5 Å². The van der Waals surface area contributed by atoms with Gasteiger partial charge in [-0.3, -0.25) is 0 Å². The van der Waals surface area contributed by atoms with Crippen LogP contribution < -0.4 is 0 Å². The van der Waals surface area contributed by atoms with Crippen LogP contribution in [-0.4, -0.2) is 10.7 Å². The fourth-order valence-electron chi connectivity index (χ4n) is 8.41. The maximum atomic E-state index is 10.9. The summed E-state index contributed by atoms with van der Waals surface area (Å²) >= 11 is 0. The Morgan fingerprint density at radius 2 is 1.81 bits per heavy atom. The van der Waals surface area contributed by atoms with Crippen LogP contribution in [0.1, 0.15) is 99.8 Å². The second kappa shape index (κ2) is 7.89. The molecular weight excluding hydrogens is 376 g/mol. The molecule has 0 spiro atoms. The average Bonchev–Trinajstić information content (AvgIpc) is 3.04. The van der Waals surface area contributed by atoms with E-state index in [2.05, 4.69) is 60.3 Å². The molecule has 4 aliphatic carbocycles. The maximum absolute atomic E-state index is 10.9. The molecular formula is C30H48O. The zero-order chi connectivity index (χ0) is 22.8. The van der Waals surface area contributed by atoms with Crippen molar-refractivity contribution in [2.75, 3.05) is 0 Å². The lowest BCUT2D eigenvalue weighted by molar-refractivity contribution is -0.0516. The minimum atomic E-state index is -0.547. The molecule has 0 saturated heterocycles. The molecule has 0 bridgehead atoms. The predicted molar refractivity (Wildman–Crippen MR) is 133 cm³/mol. The molecule has 3 fully saturated rings. The second-order valence-corrected chi connectivity index (χ2v) is 13.1. The Hall–Kier alpha value is -0.820. The molecule has 4 aliphatic rings. The summed E-state index contributed by atoms with van der Waals surface area (Å²) in [7, 11) is 0. The van der Waals surface area contributed by atoms with Crippen molar-refractivity contribution in [2.24, 2.45) is 46.3 Å². The summed E-state index contributed by atoms with van der Waals surface area (Å²) in [6, 6.07) is 0. The molecule has 9 atom stereocenters. The van der Waals surface area contributed by atoms with Crippen LogP contribution in [0.3, 0.4) is 0 Å². The van der Waals surface area contributed by atoms with Gasteiger partial charge in [0.1, 0.15) is 0 Å². The number of rotatable bonds is 5. The third-order valence-electron chi connectivity index (χ3n) is 11.1. The largest absolute Gasteiger partial charge is 0.390 e. The number of aliphatic hydroxyl groups is 1. The molecule has 4 rings (SSSR count). The first-order valence-electron chi connectivity index (χ1n) is 13.2. The van der Waals surface area contributed by atoms with Gasteiger partial charge in [0.15, 0.2) is 0 Å². The van der Waals surface area contributed by atoms with E-state index in [0.717, 1.165) is 30.6 Å². The van der Waals surface area contributed by atoms with Crippen molar-refractivity contribution in [1.82, 2.24) is 0 Å². The Kier molecular flexibility index (Phi) is 5.94. The normalized spacial score (nSPS) is 46.2. The van der Waals surface area contributed by atoms with E-state index < -0.39 is 5.60 Å². The highest BCUT2D eigenvalue weighted by atomic mass is 16.3. The fraction of sp³-hybridized carbons (Fsp3) is 0.800. The van der Waals surface area contributed by atoms with Crippen LogP contribution in [0.4, 0.5) is 0 Å². The molecule has 1 heteroatoms. The third-order valence-corrected chi connectivity index (χ3v) is 11.1. The topological polar surface area (TPSA) is 20.2 Å². The van der Waals surface area contributed by atoms with Crippen LogP contribution in [0.5, 0.6) is 0 Å². The second-order valence-electron chi connectivity index (χ2n) is 13.1. The molecule has 0 heterocycles. The first kappa shape index (κ1) is 23.3. The van der Waals surface area contributed by atoms with Crippen molar-refractivity contribution >= 4 is 0 Å². The molecule has 1 N–H and O–H groups in total. The summed E-state index contributed by atoms with van der Waals surface area (Å²) in [6.45, 7) is 20.7. The molecule has 0 aliphatic heterocycles. The molecule has 0 aromatic heterocycles. The standard InChI is InChI=1S/C30H48O/c1-19(2)20(3)9-10-21(4)25-13-14-26-24-12-11-23-18-30(8,31)22(5)17-29(23,7)27(24)15-16-28(25,26)6/h11-12,20-22,25-27,31H,1,9-10,13-18H2,2-8H3/t20-,21+,22?,25+,26-,27-,28+,29-,30?/m0/s1. The highest BCUT2D eigenvalue weighted by molar-refractivity contribution is 5.39. The Balaban J connectivity index is 1.55. The van der Waals surface area contributed by atoms with Gasteiger partial charge in [0.2, 0.25) is 0 Å². The molecule has 174 valence electrons. The number of hydrogen-bond donors (Lipinski definition) is 1. The van der Waals surface area contributed by atoms with Gasteiger partial charge in [0.05, 0.1) is 5.60 Å². The van der Waals surface area contributed by atoms with E-state index >= 15 is 0 Å². The van der Waals surface area contributed by atoms with E-state index in [4.69, 9.17) is 0 Å². The predicted octanol–water partition coefficient (Wildman–Crippen LogP) is 8.11. The summed E-state index contributed by atoms with van der Waals surface area (Å²) in [5.74, 6) is 4.16. The zero-order valence-corrected chi connectivity index (χ0v) is 21.4. The van der Waals surface area contributed by atoms with Crippen molar-refractivity contribution in [3.05, 3.63) is 35.5 Å². The van der Waals surface area contributed by atoms with E-state index in [1.807, 2.05) is 6.92 Å². The van der Waals surface area contributed by atoms with Gasteiger partial charge >= 0.3 is 0 Å². The van der Waals surface area contributed by atoms with Gasteiger partial charge in [-0.05, 0) is 112 Å². The maximum Gasteiger partial charge on any atom is 0.0682 e. The summed E-state index contributed by atoms with van der Waals surface area (Å²) in [4.78, 5) is 0. The molecule has 0 amide bonds. The lowest BCUT2D eigenvalue weighted by Crippen LogP contribution is -2.51. The SMILES string of the molecule is C=C(C)[C@@H](C)CC[C@@H](C)[C@H]1CC[C@H]2C3=CC=C4CC(C)(O)C(C)C[C@]4(C)[C@H]3CC[C@]12C. The Morgan fingerprint density at radius 3 is 2.48 bits per heavy atom. The number of fused-ring (bicyclic) bond motifs is 5. The summed E-state index contributed by atoms with van der Waals surface area (Å²) < 4.78 is 0. The first-order chi connectivity index (χ1) is 14.4. The highest BCUT2D eigenvalue weighted by Crippen LogP contribution is 2.67. The molecule has 31 heavy (non-hydrogen) atoms. The quantitative estimate of drug-likeness (QED) is 0.442. The first-order valence-corrected chi connectivity index (χ1v) is 13.2. The van der Waals surface area contributed by atoms with Crippen molar-refractivity contribution in [1.29, 1.82) is 0 Å². The summed E-state index contributed by atoms with van der Waals surface area (Å²) in [5.41, 5.74) is 4.82. The van der Waals surface area contributed by atoms with E-state index in [1.165, 1.54) is 49.7 Å². The summed E-state index contributed by atoms with van der Waals surface area (Å²) in [6.07, 6.45) is 15.1. The number of hydrogen-bond acceptors (Lipinski definition) is 1. The minimum Gasteiger partial charge on any atom is -0.390 e. The van der Waals surface area contributed by atoms with E-state index in [1.54, 1.807) is 5.57 Å². The van der Waals surface area contributed by atoms with E-state index in [0.29, 0.717) is 23.2 Å². The Morgan fingerprint density at radius 1 is 1.10 bits per heavy atom. The monoisotopic (exact) mass is 424 g/mol. The van der Waals surface area contributed by atoms with Gasteiger partial charge in [-0.2, -0.15) is 0 Å². The zero-order valence-electron chi connectivity index (χ0n) is 21.4. The average molecular weight is 425 g/mol. The lowest BCUT2D eigenvalue weighted by Gasteiger charge is -2.57. The third kappa shape index (κ3) is 3.71. The highest BCUT2D eigenvalue weighted by Gasteiger charge is 2.58. The van der Waals surface area contributed by atoms with E-state index in [9.17, 15) is 5.11 Å². The van der Waals surface area contributed by atoms with Crippen molar-refractivity contribution < 1.29 is 5.11 Å². The van der Waals surface area contributed by atoms with Crippen molar-refractivity contribution in [3.63, 3.8) is 0 Å². The van der Waals surface area contributed by atoms with Gasteiger partial charge in [-0.1, -0.05) is 70.1 Å². The summed E-state index contributed by atoms with van der Waals surface area (Å²) in [5, 5.41) is 10.9. The molecule has 1 nitrogen and oxygen atoms in total. The van der Waals surface area contributed by atoms with Gasteiger partial charge in [-0.15, -0.1) is 0 Å². The van der Waals surface area contributed by atoms with E-state index in [-0.39, 0.29) is 5.41 Å². The minimum absolute atomic E-state index is 0.258.